The molecule has 0 saturated carbocycles. The molecular weight excluding hydrogens is 274 g/mol. The van der Waals surface area contributed by atoms with Crippen molar-refractivity contribution in [2.75, 3.05) is 0 Å². The van der Waals surface area contributed by atoms with E-state index >= 15 is 0 Å². The Balaban J connectivity index is 5.54. The van der Waals surface area contributed by atoms with Gasteiger partial charge in [-0.1, -0.05) is 0 Å². The van der Waals surface area contributed by atoms with Crippen LogP contribution in [0.2, 0.25) is 61.8 Å². The molecule has 0 aromatic carbocycles. The Morgan fingerprint density at radius 1 is 0.571 bits per heavy atom. The van der Waals surface area contributed by atoms with Crippen molar-refractivity contribution < 1.29 is 0 Å². The van der Waals surface area contributed by atoms with Gasteiger partial charge in [-0.25, -0.2) is 0 Å². The van der Waals surface area contributed by atoms with Gasteiger partial charge in [-0.15, -0.1) is 0 Å². The van der Waals surface area contributed by atoms with Crippen molar-refractivity contribution in [1.82, 2.24) is 0 Å². The van der Waals surface area contributed by atoms with E-state index in [2.05, 4.69) is 77.5 Å². The fourth-order valence-corrected chi connectivity index (χ4v) is 30.4. The van der Waals surface area contributed by atoms with Gasteiger partial charge in [-0.2, -0.15) is 0 Å². The van der Waals surface area contributed by atoms with Crippen molar-refractivity contribution in [3.63, 3.8) is 0 Å². The summed E-state index contributed by atoms with van der Waals surface area (Å²) in [6.45, 7) is 23.3. The molecule has 0 heterocycles. The van der Waals surface area contributed by atoms with Crippen molar-refractivity contribution in [2.24, 2.45) is 0 Å². The van der Waals surface area contributed by atoms with Crippen LogP contribution in [0.5, 0.6) is 0 Å². The third kappa shape index (κ3) is 2.51. The van der Waals surface area contributed by atoms with Crippen LogP contribution in [0.15, 0.2) is 0 Å². The Bertz CT molecular complexity index is 169. The van der Waals surface area contributed by atoms with E-state index in [0.29, 0.717) is 0 Å². The van der Waals surface area contributed by atoms with E-state index in [9.17, 15) is 0 Å². The first-order valence-electron chi connectivity index (χ1n) is 5.54. The van der Waals surface area contributed by atoms with Crippen LogP contribution >= 0.6 is 0 Å². The number of rotatable bonds is 3. The Hall–Kier alpha value is 1.29. The molecule has 0 atom stereocenters. The topological polar surface area (TPSA) is 0 Å². The summed E-state index contributed by atoms with van der Waals surface area (Å²) in [5.41, 5.74) is 0. The van der Waals surface area contributed by atoms with E-state index in [-0.39, 0.29) is 0 Å². The predicted molar refractivity (Wildman–Crippen MR) is 78.5 cm³/mol. The molecule has 0 aliphatic rings. The number of hydrogen-bond acceptors (Lipinski definition) is 0. The third-order valence-corrected chi connectivity index (χ3v) is 40.5. The summed E-state index contributed by atoms with van der Waals surface area (Å²) < 4.78 is 0.792. The average molecular weight is 301 g/mol. The van der Waals surface area contributed by atoms with Crippen molar-refractivity contribution in [3.05, 3.63) is 0 Å². The van der Waals surface area contributed by atoms with E-state index in [4.69, 9.17) is 0 Å². The average Bonchev–Trinajstić information content (AvgIpc) is 1.77. The van der Waals surface area contributed by atoms with Crippen LogP contribution in [-0.4, -0.2) is 42.8 Å². The summed E-state index contributed by atoms with van der Waals surface area (Å²) in [5, 5.41) is 0. The quantitative estimate of drug-likeness (QED) is 0.693. The Labute approximate surface area is 104 Å². The molecule has 14 heavy (non-hydrogen) atoms. The molecular formula is C10H27GaSi3. The van der Waals surface area contributed by atoms with Crippen molar-refractivity contribution in [2.45, 2.75) is 61.8 Å². The van der Waals surface area contributed by atoms with Crippen molar-refractivity contribution in [3.8, 4) is 0 Å². The zero-order valence-corrected chi connectivity index (χ0v) is 17.0. The first kappa shape index (κ1) is 15.3. The Morgan fingerprint density at radius 2 is 0.714 bits per heavy atom. The zero-order valence-electron chi connectivity index (χ0n) is 11.6. The SMILES string of the molecule is C[Si](C)(C)[C]([Ga])([Si](C)(C)C)[Si](C)(C)C. The normalized spacial score (nSPS) is 15.8. The molecule has 0 spiro atoms. The molecule has 2 radical (unpaired) electrons. The minimum atomic E-state index is -1.03. The van der Waals surface area contributed by atoms with Crippen LogP contribution in [0, 0.1) is 0 Å². The predicted octanol–water partition coefficient (Wildman–Crippen LogP) is 3.95. The van der Waals surface area contributed by atoms with Gasteiger partial charge < -0.3 is 0 Å². The van der Waals surface area contributed by atoms with Gasteiger partial charge in [0.15, 0.2) is 0 Å². The van der Waals surface area contributed by atoms with E-state index in [1.54, 1.807) is 0 Å². The van der Waals surface area contributed by atoms with Crippen LogP contribution in [0.4, 0.5) is 0 Å². The van der Waals surface area contributed by atoms with Gasteiger partial charge in [0.1, 0.15) is 0 Å². The Morgan fingerprint density at radius 3 is 0.714 bits per heavy atom. The van der Waals surface area contributed by atoms with Crippen molar-refractivity contribution >= 4 is 42.8 Å². The second kappa shape index (κ2) is 3.94. The summed E-state index contributed by atoms with van der Waals surface area (Å²) in [5.74, 6) is 0. The number of hydrogen-bond donors (Lipinski definition) is 0. The summed E-state index contributed by atoms with van der Waals surface area (Å²) in [4.78, 5) is 0. The fraction of sp³-hybridized carbons (Fsp3) is 1.00. The second-order valence-corrected chi connectivity index (χ2v) is 30.4. The maximum absolute atomic E-state index is 2.59. The van der Waals surface area contributed by atoms with Gasteiger partial charge in [-0.05, 0) is 0 Å². The van der Waals surface area contributed by atoms with Gasteiger partial charge in [0.2, 0.25) is 0 Å². The van der Waals surface area contributed by atoms with Gasteiger partial charge >= 0.3 is 105 Å². The molecule has 0 nitrogen and oxygen atoms in total. The van der Waals surface area contributed by atoms with Gasteiger partial charge in [0, 0.05) is 0 Å². The standard InChI is InChI=1S/C10H27Si3.Ga/c1-11(2,3)10(12(4,5)6)13(7,8)9;/h1-9H3;. The first-order valence-corrected chi connectivity index (χ1v) is 17.2. The molecule has 4 heteroatoms. The summed E-state index contributed by atoms with van der Waals surface area (Å²) in [7, 11) is -3.09. The minimum absolute atomic E-state index is 0.792. The molecule has 0 aromatic rings. The summed E-state index contributed by atoms with van der Waals surface area (Å²) in [6, 6.07) is 0. The maximum atomic E-state index is 2.59. The van der Waals surface area contributed by atoms with E-state index < -0.39 is 24.2 Å². The Kier molecular flexibility index (Phi) is 4.31. The fourth-order valence-electron chi connectivity index (χ4n) is 3.38. The van der Waals surface area contributed by atoms with Crippen molar-refractivity contribution in [1.29, 1.82) is 0 Å². The van der Waals surface area contributed by atoms with Crippen LogP contribution < -0.4 is 0 Å². The monoisotopic (exact) mass is 300 g/mol. The van der Waals surface area contributed by atoms with Crippen LogP contribution in [0.3, 0.4) is 0 Å². The van der Waals surface area contributed by atoms with E-state index in [0.717, 1.165) is 2.84 Å². The molecule has 0 saturated heterocycles. The van der Waals surface area contributed by atoms with Crippen LogP contribution in [0.25, 0.3) is 0 Å². The summed E-state index contributed by atoms with van der Waals surface area (Å²) in [6.07, 6.45) is 0. The van der Waals surface area contributed by atoms with E-state index in [1.165, 1.54) is 0 Å². The van der Waals surface area contributed by atoms with E-state index in [1.807, 2.05) is 0 Å². The summed E-state index contributed by atoms with van der Waals surface area (Å²) >= 11 is 2.09. The van der Waals surface area contributed by atoms with Gasteiger partial charge in [0.25, 0.3) is 0 Å². The molecule has 82 valence electrons. The molecule has 0 aliphatic carbocycles. The molecule has 0 N–H and O–H groups in total. The second-order valence-electron chi connectivity index (χ2n) is 7.56. The van der Waals surface area contributed by atoms with Crippen LogP contribution in [-0.2, 0) is 0 Å². The first-order chi connectivity index (χ1) is 5.75. The molecule has 0 amide bonds. The molecule has 0 bridgehead atoms. The zero-order chi connectivity index (χ0) is 12.0. The van der Waals surface area contributed by atoms with Gasteiger partial charge in [-0.3, -0.25) is 0 Å². The molecule has 0 aliphatic heterocycles. The molecule has 0 unspecified atom stereocenters. The molecule has 0 fully saturated rings. The third-order valence-electron chi connectivity index (χ3n) is 3.55. The molecule has 0 rings (SSSR count). The van der Waals surface area contributed by atoms with Gasteiger partial charge in [0.05, 0.1) is 0 Å². The van der Waals surface area contributed by atoms with Crippen LogP contribution in [0.1, 0.15) is 0 Å². The molecule has 0 aromatic heterocycles.